The topological polar surface area (TPSA) is 15.3 Å². The fraction of sp³-hybridized carbons (Fsp3) is 1.00. The molecule has 0 aromatic carbocycles. The number of nitrogens with zero attached hydrogens (tertiary/aromatic N) is 1. The Morgan fingerprint density at radius 3 is 2.53 bits per heavy atom. The minimum atomic E-state index is -4.07. The van der Waals surface area contributed by atoms with E-state index in [0.717, 1.165) is 0 Å². The summed E-state index contributed by atoms with van der Waals surface area (Å²) in [4.78, 5) is 1.56. The van der Waals surface area contributed by atoms with Crippen molar-refractivity contribution in [1.29, 1.82) is 0 Å². The molecule has 2 rings (SSSR count). The smallest absolute Gasteiger partial charge is 0.311 e. The molecular formula is C10H17F3N2. The van der Waals surface area contributed by atoms with E-state index in [9.17, 15) is 13.2 Å². The summed E-state index contributed by atoms with van der Waals surface area (Å²) in [6.45, 7) is 2.31. The number of alkyl halides is 3. The van der Waals surface area contributed by atoms with Gasteiger partial charge >= 0.3 is 6.18 Å². The van der Waals surface area contributed by atoms with E-state index < -0.39 is 12.7 Å². The second-order valence-electron chi connectivity index (χ2n) is 4.75. The van der Waals surface area contributed by atoms with Crippen LogP contribution in [-0.4, -0.2) is 42.8 Å². The van der Waals surface area contributed by atoms with Crippen molar-refractivity contribution in [2.45, 2.75) is 38.0 Å². The number of halogens is 3. The summed E-state index contributed by atoms with van der Waals surface area (Å²) in [5.41, 5.74) is 0. The molecule has 1 saturated carbocycles. The van der Waals surface area contributed by atoms with E-state index in [1.54, 1.807) is 4.90 Å². The zero-order chi connectivity index (χ0) is 11.1. The largest absolute Gasteiger partial charge is 0.401 e. The monoisotopic (exact) mass is 222 g/mol. The van der Waals surface area contributed by atoms with Crippen LogP contribution >= 0.6 is 0 Å². The highest BCUT2D eigenvalue weighted by Crippen LogP contribution is 2.34. The maximum atomic E-state index is 12.3. The molecule has 88 valence electrons. The van der Waals surface area contributed by atoms with Gasteiger partial charge in [0.2, 0.25) is 0 Å². The molecule has 5 heteroatoms. The molecule has 1 aliphatic heterocycles. The van der Waals surface area contributed by atoms with Crippen LogP contribution in [0.3, 0.4) is 0 Å². The Morgan fingerprint density at radius 2 is 2.00 bits per heavy atom. The molecule has 15 heavy (non-hydrogen) atoms. The van der Waals surface area contributed by atoms with Crippen molar-refractivity contribution in [3.05, 3.63) is 0 Å². The summed E-state index contributed by atoms with van der Waals surface area (Å²) in [6.07, 6.45) is -1.72. The molecular weight excluding hydrogens is 205 g/mol. The third-order valence-electron chi connectivity index (χ3n) is 3.30. The number of hydrogen-bond acceptors (Lipinski definition) is 2. The van der Waals surface area contributed by atoms with Crippen molar-refractivity contribution < 1.29 is 13.2 Å². The Hall–Kier alpha value is -0.290. The highest BCUT2D eigenvalue weighted by Gasteiger charge is 2.39. The predicted molar refractivity (Wildman–Crippen MR) is 51.6 cm³/mol. The van der Waals surface area contributed by atoms with Crippen molar-refractivity contribution in [3.63, 3.8) is 0 Å². The standard InChI is InChI=1S/C10H17F3N2/c1-7-4-14-9(8-2-3-8)5-15(7)6-10(11,12)13/h7-9,14H,2-6H2,1H3. The lowest BCUT2D eigenvalue weighted by molar-refractivity contribution is -0.153. The molecule has 2 fully saturated rings. The molecule has 2 unspecified atom stereocenters. The Bertz CT molecular complexity index is 225. The van der Waals surface area contributed by atoms with Crippen LogP contribution in [0.4, 0.5) is 13.2 Å². The molecule has 2 nitrogen and oxygen atoms in total. The highest BCUT2D eigenvalue weighted by molar-refractivity contribution is 4.93. The van der Waals surface area contributed by atoms with Gasteiger partial charge in [-0.05, 0) is 25.7 Å². The maximum Gasteiger partial charge on any atom is 0.401 e. The van der Waals surface area contributed by atoms with Crippen LogP contribution in [0.25, 0.3) is 0 Å². The van der Waals surface area contributed by atoms with Gasteiger partial charge in [-0.15, -0.1) is 0 Å². The van der Waals surface area contributed by atoms with E-state index in [4.69, 9.17) is 0 Å². The predicted octanol–water partition coefficient (Wildman–Crippen LogP) is 1.62. The molecule has 0 radical (unpaired) electrons. The lowest BCUT2D eigenvalue weighted by atomic mass is 10.1. The van der Waals surface area contributed by atoms with Crippen molar-refractivity contribution in [3.8, 4) is 0 Å². The molecule has 1 N–H and O–H groups in total. The summed E-state index contributed by atoms with van der Waals surface area (Å²) >= 11 is 0. The van der Waals surface area contributed by atoms with Crippen molar-refractivity contribution >= 4 is 0 Å². The van der Waals surface area contributed by atoms with Crippen LogP contribution in [0.2, 0.25) is 0 Å². The van der Waals surface area contributed by atoms with Gasteiger partial charge in [-0.2, -0.15) is 13.2 Å². The normalized spacial score (nSPS) is 34.4. The molecule has 0 aromatic heterocycles. The van der Waals surface area contributed by atoms with Gasteiger partial charge in [0, 0.05) is 25.2 Å². The SMILES string of the molecule is CC1CNC(C2CC2)CN1CC(F)(F)F. The summed E-state index contributed by atoms with van der Waals surface area (Å²) in [6, 6.07) is 0.269. The van der Waals surface area contributed by atoms with E-state index in [0.29, 0.717) is 19.0 Å². The van der Waals surface area contributed by atoms with Crippen LogP contribution in [0, 0.1) is 5.92 Å². The minimum Gasteiger partial charge on any atom is -0.311 e. The zero-order valence-electron chi connectivity index (χ0n) is 8.85. The molecule has 0 bridgehead atoms. The lowest BCUT2D eigenvalue weighted by Crippen LogP contribution is -2.58. The molecule has 1 saturated heterocycles. The van der Waals surface area contributed by atoms with Gasteiger partial charge in [-0.1, -0.05) is 0 Å². The molecule has 2 atom stereocenters. The first-order valence-corrected chi connectivity index (χ1v) is 5.50. The Morgan fingerprint density at radius 1 is 1.33 bits per heavy atom. The van der Waals surface area contributed by atoms with E-state index in [2.05, 4.69) is 5.32 Å². The van der Waals surface area contributed by atoms with Gasteiger partial charge in [0.15, 0.2) is 0 Å². The number of nitrogens with one attached hydrogen (secondary N) is 1. The molecule has 0 spiro atoms. The Balaban J connectivity index is 1.89. The zero-order valence-corrected chi connectivity index (χ0v) is 8.85. The molecule has 1 heterocycles. The van der Waals surface area contributed by atoms with Gasteiger partial charge in [0.25, 0.3) is 0 Å². The molecule has 0 amide bonds. The van der Waals surface area contributed by atoms with Gasteiger partial charge in [0.05, 0.1) is 6.54 Å². The number of rotatable bonds is 2. The Labute approximate surface area is 87.8 Å². The average molecular weight is 222 g/mol. The van der Waals surface area contributed by atoms with Crippen LogP contribution < -0.4 is 5.32 Å². The van der Waals surface area contributed by atoms with Crippen LogP contribution in [0.1, 0.15) is 19.8 Å². The lowest BCUT2D eigenvalue weighted by Gasteiger charge is -2.39. The van der Waals surface area contributed by atoms with E-state index in [-0.39, 0.29) is 12.1 Å². The second kappa shape index (κ2) is 3.94. The summed E-state index contributed by atoms with van der Waals surface area (Å²) < 4.78 is 36.9. The number of hydrogen-bond donors (Lipinski definition) is 1. The number of piperazine rings is 1. The first-order chi connectivity index (χ1) is 6.96. The minimum absolute atomic E-state index is 0.0124. The summed E-state index contributed by atoms with van der Waals surface area (Å²) in [5, 5.41) is 3.34. The molecule has 1 aliphatic carbocycles. The second-order valence-corrected chi connectivity index (χ2v) is 4.75. The summed E-state index contributed by atoms with van der Waals surface area (Å²) in [5.74, 6) is 0.619. The highest BCUT2D eigenvalue weighted by atomic mass is 19.4. The fourth-order valence-electron chi connectivity index (χ4n) is 2.21. The average Bonchev–Trinajstić information content (AvgIpc) is 2.89. The van der Waals surface area contributed by atoms with Gasteiger partial charge in [-0.3, -0.25) is 4.90 Å². The van der Waals surface area contributed by atoms with Crippen molar-refractivity contribution in [1.82, 2.24) is 10.2 Å². The molecule has 0 aromatic rings. The van der Waals surface area contributed by atoms with Crippen LogP contribution in [-0.2, 0) is 0 Å². The van der Waals surface area contributed by atoms with Crippen molar-refractivity contribution in [2.75, 3.05) is 19.6 Å². The first kappa shape index (κ1) is 11.2. The third kappa shape index (κ3) is 3.08. The van der Waals surface area contributed by atoms with E-state index in [1.807, 2.05) is 6.92 Å². The van der Waals surface area contributed by atoms with Crippen molar-refractivity contribution in [2.24, 2.45) is 5.92 Å². The van der Waals surface area contributed by atoms with E-state index in [1.165, 1.54) is 12.8 Å². The van der Waals surface area contributed by atoms with Crippen LogP contribution in [0.5, 0.6) is 0 Å². The quantitative estimate of drug-likeness (QED) is 0.763. The fourth-order valence-corrected chi connectivity index (χ4v) is 2.21. The molecule has 2 aliphatic rings. The van der Waals surface area contributed by atoms with Crippen LogP contribution in [0.15, 0.2) is 0 Å². The summed E-state index contributed by atoms with van der Waals surface area (Å²) in [7, 11) is 0. The third-order valence-corrected chi connectivity index (χ3v) is 3.30. The Kier molecular flexibility index (Phi) is 2.94. The van der Waals surface area contributed by atoms with Gasteiger partial charge in [0.1, 0.15) is 0 Å². The maximum absolute atomic E-state index is 12.3. The van der Waals surface area contributed by atoms with Gasteiger partial charge in [-0.25, -0.2) is 0 Å². The van der Waals surface area contributed by atoms with E-state index >= 15 is 0 Å². The first-order valence-electron chi connectivity index (χ1n) is 5.50. The van der Waals surface area contributed by atoms with Gasteiger partial charge < -0.3 is 5.32 Å².